The van der Waals surface area contributed by atoms with Gasteiger partial charge in [-0.3, -0.25) is 4.79 Å². The molecule has 1 saturated carbocycles. The fourth-order valence-corrected chi connectivity index (χ4v) is 3.00. The van der Waals surface area contributed by atoms with E-state index in [-0.39, 0.29) is 11.4 Å². The second-order valence-corrected chi connectivity index (χ2v) is 7.44. The van der Waals surface area contributed by atoms with Crippen molar-refractivity contribution in [1.29, 1.82) is 0 Å². The van der Waals surface area contributed by atoms with Gasteiger partial charge in [0.05, 0.1) is 23.2 Å². The molecule has 134 valence electrons. The van der Waals surface area contributed by atoms with Gasteiger partial charge >= 0.3 is 0 Å². The Balaban J connectivity index is 1.57. The lowest BCUT2D eigenvalue weighted by molar-refractivity contribution is 0.0930. The van der Waals surface area contributed by atoms with Crippen molar-refractivity contribution in [2.75, 3.05) is 6.54 Å². The number of nitrogens with one attached hydrogen (secondary N) is 1. The third-order valence-electron chi connectivity index (χ3n) is 4.84. The molecule has 6 nitrogen and oxygen atoms in total. The summed E-state index contributed by atoms with van der Waals surface area (Å²) >= 11 is 0. The first-order valence-electron chi connectivity index (χ1n) is 8.96. The van der Waals surface area contributed by atoms with Gasteiger partial charge in [0.15, 0.2) is 0 Å². The zero-order valence-corrected chi connectivity index (χ0v) is 15.1. The van der Waals surface area contributed by atoms with E-state index in [2.05, 4.69) is 24.1 Å². The third-order valence-corrected chi connectivity index (χ3v) is 4.84. The van der Waals surface area contributed by atoms with Crippen molar-refractivity contribution in [2.45, 2.75) is 38.1 Å². The van der Waals surface area contributed by atoms with Gasteiger partial charge in [0.2, 0.25) is 0 Å². The van der Waals surface area contributed by atoms with Gasteiger partial charge in [0, 0.05) is 24.9 Å². The monoisotopic (exact) mass is 349 g/mol. The van der Waals surface area contributed by atoms with Crippen LogP contribution in [0.3, 0.4) is 0 Å². The highest BCUT2D eigenvalue weighted by Crippen LogP contribution is 2.39. The molecule has 1 aromatic carbocycles. The van der Waals surface area contributed by atoms with E-state index in [1.807, 2.05) is 47.2 Å². The van der Waals surface area contributed by atoms with Crippen LogP contribution < -0.4 is 5.32 Å². The number of imidazole rings is 1. The Morgan fingerprint density at radius 2 is 2.04 bits per heavy atom. The van der Waals surface area contributed by atoms with E-state index < -0.39 is 0 Å². The molecule has 0 spiro atoms. The number of carbonyl (C=O) groups is 1. The zero-order chi connectivity index (χ0) is 18.1. The predicted octanol–water partition coefficient (Wildman–Crippen LogP) is 3.11. The molecule has 0 aliphatic heterocycles. The lowest BCUT2D eigenvalue weighted by Gasteiger charge is -2.26. The molecule has 1 amide bonds. The molecule has 0 unspecified atom stereocenters. The van der Waals surface area contributed by atoms with Crippen LogP contribution in [-0.4, -0.2) is 31.8 Å². The molecule has 1 N–H and O–H groups in total. The minimum absolute atomic E-state index is 0.110. The van der Waals surface area contributed by atoms with Crippen LogP contribution in [0, 0.1) is 0 Å². The fraction of sp³-hybridized carbons (Fsp3) is 0.350. The van der Waals surface area contributed by atoms with Crippen LogP contribution in [0.15, 0.2) is 55.1 Å². The first kappa shape index (κ1) is 16.6. The Bertz CT molecular complexity index is 892. The van der Waals surface area contributed by atoms with Crippen LogP contribution >= 0.6 is 0 Å². The topological polar surface area (TPSA) is 64.7 Å². The number of benzene rings is 1. The predicted molar refractivity (Wildman–Crippen MR) is 99.4 cm³/mol. The standard InChI is InChI=1S/C20H23N5O/c1-20(2,24-11-10-21-14-24)13-22-19(26)18-12-17(15-8-9-15)23-25(18)16-6-4-3-5-7-16/h3-7,10-12,14-15H,8-9,13H2,1-2H3,(H,22,26). The molecular formula is C20H23N5O. The van der Waals surface area contributed by atoms with Crippen molar-refractivity contribution in [2.24, 2.45) is 0 Å². The summed E-state index contributed by atoms with van der Waals surface area (Å²) in [6, 6.07) is 11.7. The minimum Gasteiger partial charge on any atom is -0.348 e. The molecule has 4 rings (SSSR count). The van der Waals surface area contributed by atoms with E-state index in [1.165, 1.54) is 0 Å². The Labute approximate surface area is 152 Å². The van der Waals surface area contributed by atoms with Crippen molar-refractivity contribution in [3.05, 3.63) is 66.5 Å². The maximum atomic E-state index is 12.9. The molecule has 26 heavy (non-hydrogen) atoms. The van der Waals surface area contributed by atoms with Gasteiger partial charge in [-0.2, -0.15) is 5.10 Å². The quantitative estimate of drug-likeness (QED) is 0.744. The highest BCUT2D eigenvalue weighted by atomic mass is 16.2. The first-order chi connectivity index (χ1) is 12.5. The molecule has 2 aromatic heterocycles. The van der Waals surface area contributed by atoms with Crippen molar-refractivity contribution in [1.82, 2.24) is 24.6 Å². The van der Waals surface area contributed by atoms with E-state index in [9.17, 15) is 4.79 Å². The van der Waals surface area contributed by atoms with Crippen LogP contribution in [0.25, 0.3) is 5.69 Å². The van der Waals surface area contributed by atoms with Crippen molar-refractivity contribution >= 4 is 5.91 Å². The number of carbonyl (C=O) groups excluding carboxylic acids is 1. The van der Waals surface area contributed by atoms with Gasteiger partial charge in [-0.05, 0) is 44.9 Å². The second kappa shape index (κ2) is 6.44. The largest absolute Gasteiger partial charge is 0.348 e. The molecule has 0 bridgehead atoms. The van der Waals surface area contributed by atoms with E-state index >= 15 is 0 Å². The summed E-state index contributed by atoms with van der Waals surface area (Å²) in [5.74, 6) is 0.385. The highest BCUT2D eigenvalue weighted by molar-refractivity contribution is 5.93. The second-order valence-electron chi connectivity index (χ2n) is 7.44. The summed E-state index contributed by atoms with van der Waals surface area (Å²) in [6.45, 7) is 4.64. The van der Waals surface area contributed by atoms with E-state index in [1.54, 1.807) is 17.2 Å². The maximum Gasteiger partial charge on any atom is 0.270 e. The molecular weight excluding hydrogens is 326 g/mol. The lowest BCUT2D eigenvalue weighted by Crippen LogP contribution is -2.40. The smallest absolute Gasteiger partial charge is 0.270 e. The molecule has 1 aliphatic rings. The highest BCUT2D eigenvalue weighted by Gasteiger charge is 2.29. The molecule has 1 fully saturated rings. The summed E-state index contributed by atoms with van der Waals surface area (Å²) in [5.41, 5.74) is 2.23. The van der Waals surface area contributed by atoms with Crippen LogP contribution in [0.2, 0.25) is 0 Å². The SMILES string of the molecule is CC(C)(CNC(=O)c1cc(C2CC2)nn1-c1ccccc1)n1ccnc1. The van der Waals surface area contributed by atoms with Crippen LogP contribution in [0.1, 0.15) is 48.8 Å². The number of hydrogen-bond donors (Lipinski definition) is 1. The van der Waals surface area contributed by atoms with E-state index in [0.29, 0.717) is 18.2 Å². The van der Waals surface area contributed by atoms with Crippen molar-refractivity contribution in [3.8, 4) is 5.69 Å². The average molecular weight is 349 g/mol. The molecule has 0 saturated heterocycles. The summed E-state index contributed by atoms with van der Waals surface area (Å²) in [4.78, 5) is 17.0. The van der Waals surface area contributed by atoms with Crippen LogP contribution in [0.4, 0.5) is 0 Å². The van der Waals surface area contributed by atoms with Gasteiger partial charge in [-0.25, -0.2) is 9.67 Å². The van der Waals surface area contributed by atoms with Crippen molar-refractivity contribution in [3.63, 3.8) is 0 Å². The molecule has 0 radical (unpaired) electrons. The molecule has 0 atom stereocenters. The Hall–Kier alpha value is -2.89. The number of nitrogens with zero attached hydrogens (tertiary/aromatic N) is 4. The number of hydrogen-bond acceptors (Lipinski definition) is 3. The number of aromatic nitrogens is 4. The molecule has 6 heteroatoms. The number of rotatable bonds is 6. The summed E-state index contributed by atoms with van der Waals surface area (Å²) in [6.07, 6.45) is 7.73. The van der Waals surface area contributed by atoms with Gasteiger partial charge in [0.1, 0.15) is 5.69 Å². The molecule has 1 aliphatic carbocycles. The molecule has 2 heterocycles. The van der Waals surface area contributed by atoms with E-state index in [4.69, 9.17) is 5.10 Å². The lowest BCUT2D eigenvalue weighted by atomic mass is 10.1. The minimum atomic E-state index is -0.261. The normalized spacial score (nSPS) is 14.4. The first-order valence-corrected chi connectivity index (χ1v) is 8.96. The zero-order valence-electron chi connectivity index (χ0n) is 15.1. The number of amides is 1. The fourth-order valence-electron chi connectivity index (χ4n) is 3.00. The maximum absolute atomic E-state index is 12.9. The Morgan fingerprint density at radius 1 is 1.27 bits per heavy atom. The third kappa shape index (κ3) is 3.27. The van der Waals surface area contributed by atoms with E-state index in [0.717, 1.165) is 24.2 Å². The van der Waals surface area contributed by atoms with Gasteiger partial charge < -0.3 is 9.88 Å². The summed E-state index contributed by atoms with van der Waals surface area (Å²) < 4.78 is 3.75. The summed E-state index contributed by atoms with van der Waals surface area (Å²) in [5, 5.41) is 7.76. The van der Waals surface area contributed by atoms with Gasteiger partial charge in [0.25, 0.3) is 5.91 Å². The summed E-state index contributed by atoms with van der Waals surface area (Å²) in [7, 11) is 0. The van der Waals surface area contributed by atoms with Crippen molar-refractivity contribution < 1.29 is 4.79 Å². The molecule has 3 aromatic rings. The number of para-hydroxylation sites is 1. The van der Waals surface area contributed by atoms with Crippen LogP contribution in [-0.2, 0) is 5.54 Å². The Morgan fingerprint density at radius 3 is 2.69 bits per heavy atom. The Kier molecular flexibility index (Phi) is 4.11. The average Bonchev–Trinajstić information content (AvgIpc) is 3.17. The van der Waals surface area contributed by atoms with Gasteiger partial charge in [-0.15, -0.1) is 0 Å². The van der Waals surface area contributed by atoms with Gasteiger partial charge in [-0.1, -0.05) is 18.2 Å². The van der Waals surface area contributed by atoms with Crippen LogP contribution in [0.5, 0.6) is 0 Å².